The van der Waals surface area contributed by atoms with E-state index in [1.807, 2.05) is 42.2 Å². The van der Waals surface area contributed by atoms with Crippen molar-refractivity contribution in [1.82, 2.24) is 15.2 Å². The molecule has 2 aromatic rings. The van der Waals surface area contributed by atoms with Crippen LogP contribution in [0.4, 0.5) is 4.79 Å². The molecule has 1 aromatic carbocycles. The summed E-state index contributed by atoms with van der Waals surface area (Å²) in [4.78, 5) is 18.4. The van der Waals surface area contributed by atoms with E-state index in [1.165, 1.54) is 6.39 Å². The summed E-state index contributed by atoms with van der Waals surface area (Å²) in [5, 5.41) is 13.3. The monoisotopic (exact) mass is 329 g/mol. The molecule has 6 nitrogen and oxygen atoms in total. The second kappa shape index (κ2) is 7.49. The normalized spacial score (nSPS) is 18.6. The van der Waals surface area contributed by atoms with Crippen molar-refractivity contribution in [3.05, 3.63) is 53.7 Å². The van der Waals surface area contributed by atoms with E-state index in [1.54, 1.807) is 0 Å². The van der Waals surface area contributed by atoms with Gasteiger partial charge in [0.2, 0.25) is 0 Å². The molecule has 0 aliphatic carbocycles. The summed E-state index contributed by atoms with van der Waals surface area (Å²) in [6.07, 6.45) is 3.26. The Morgan fingerprint density at radius 3 is 2.96 bits per heavy atom. The highest BCUT2D eigenvalue weighted by atomic mass is 16.3. The molecule has 24 heavy (non-hydrogen) atoms. The lowest BCUT2D eigenvalue weighted by Gasteiger charge is -2.26. The molecule has 1 aromatic heterocycles. The number of hydrogen-bond acceptors (Lipinski definition) is 4. The summed E-state index contributed by atoms with van der Waals surface area (Å²) in [6, 6.07) is 9.53. The Labute approximate surface area is 141 Å². The summed E-state index contributed by atoms with van der Waals surface area (Å²) < 4.78 is 5.14. The van der Waals surface area contributed by atoms with Crippen LogP contribution in [0.1, 0.15) is 42.4 Å². The van der Waals surface area contributed by atoms with Gasteiger partial charge in [-0.05, 0) is 31.7 Å². The van der Waals surface area contributed by atoms with Crippen LogP contribution in [0, 0.1) is 6.92 Å². The number of aryl methyl sites for hydroxylation is 1. The average molecular weight is 329 g/mol. The summed E-state index contributed by atoms with van der Waals surface area (Å²) in [5.74, 6) is 0.716. The van der Waals surface area contributed by atoms with Crippen molar-refractivity contribution in [2.24, 2.45) is 0 Å². The number of oxazole rings is 1. The van der Waals surface area contributed by atoms with Crippen molar-refractivity contribution < 1.29 is 14.3 Å². The lowest BCUT2D eigenvalue weighted by atomic mass is 10.0. The number of aliphatic hydroxyl groups excluding tert-OH is 1. The Balaban J connectivity index is 1.56. The number of aromatic nitrogens is 1. The lowest BCUT2D eigenvalue weighted by molar-refractivity contribution is 0.126. The second-order valence-electron chi connectivity index (χ2n) is 6.17. The first kappa shape index (κ1) is 16.5. The standard InChI is InChI=1S/C18H23N3O3/c1-13-16(20-12-24-13)11-19-18(23)21-9-5-8-15(21)10-17(22)14-6-3-2-4-7-14/h2-4,6-7,12,15,17,22H,5,8-11H2,1H3,(H,19,23). The molecule has 1 saturated heterocycles. The number of hydrogen-bond donors (Lipinski definition) is 2. The molecule has 2 N–H and O–H groups in total. The Morgan fingerprint density at radius 2 is 2.25 bits per heavy atom. The van der Waals surface area contributed by atoms with Gasteiger partial charge in [0.25, 0.3) is 0 Å². The molecule has 1 aliphatic rings. The first-order valence-corrected chi connectivity index (χ1v) is 8.31. The molecule has 0 bridgehead atoms. The highest BCUT2D eigenvalue weighted by Crippen LogP contribution is 2.27. The zero-order valence-electron chi connectivity index (χ0n) is 13.8. The molecule has 0 radical (unpaired) electrons. The van der Waals surface area contributed by atoms with E-state index >= 15 is 0 Å². The maximum absolute atomic E-state index is 12.5. The third-order valence-electron chi connectivity index (χ3n) is 4.57. The predicted octanol–water partition coefficient (Wildman–Crippen LogP) is 2.78. The first-order valence-electron chi connectivity index (χ1n) is 8.31. The van der Waals surface area contributed by atoms with E-state index in [4.69, 9.17) is 4.42 Å². The van der Waals surface area contributed by atoms with Crippen LogP contribution in [0.5, 0.6) is 0 Å². The summed E-state index contributed by atoms with van der Waals surface area (Å²) in [5.41, 5.74) is 1.63. The van der Waals surface area contributed by atoms with Gasteiger partial charge in [-0.25, -0.2) is 9.78 Å². The molecule has 2 atom stereocenters. The molecule has 1 fully saturated rings. The van der Waals surface area contributed by atoms with Crippen molar-refractivity contribution in [2.45, 2.75) is 44.9 Å². The Morgan fingerprint density at radius 1 is 1.46 bits per heavy atom. The fourth-order valence-electron chi connectivity index (χ4n) is 3.18. The maximum Gasteiger partial charge on any atom is 0.317 e. The molecule has 3 rings (SSSR count). The molecule has 128 valence electrons. The van der Waals surface area contributed by atoms with E-state index in [9.17, 15) is 9.90 Å². The van der Waals surface area contributed by atoms with Gasteiger partial charge >= 0.3 is 6.03 Å². The van der Waals surface area contributed by atoms with Crippen LogP contribution in [-0.2, 0) is 6.54 Å². The van der Waals surface area contributed by atoms with Crippen LogP contribution >= 0.6 is 0 Å². The lowest BCUT2D eigenvalue weighted by Crippen LogP contribution is -2.43. The van der Waals surface area contributed by atoms with Crippen molar-refractivity contribution in [3.63, 3.8) is 0 Å². The minimum Gasteiger partial charge on any atom is -0.448 e. The van der Waals surface area contributed by atoms with E-state index in [0.717, 1.165) is 30.6 Å². The average Bonchev–Trinajstić information content (AvgIpc) is 3.22. The van der Waals surface area contributed by atoms with Crippen LogP contribution in [0.3, 0.4) is 0 Å². The number of carbonyl (C=O) groups is 1. The molecule has 6 heteroatoms. The molecule has 2 amide bonds. The fraction of sp³-hybridized carbons (Fsp3) is 0.444. The van der Waals surface area contributed by atoms with Gasteiger partial charge in [0.15, 0.2) is 6.39 Å². The van der Waals surface area contributed by atoms with E-state index in [2.05, 4.69) is 10.3 Å². The molecular formula is C18H23N3O3. The zero-order chi connectivity index (χ0) is 16.9. The Bertz CT molecular complexity index is 671. The Kier molecular flexibility index (Phi) is 5.15. The minimum absolute atomic E-state index is 0.0543. The second-order valence-corrected chi connectivity index (χ2v) is 6.17. The molecule has 0 spiro atoms. The van der Waals surface area contributed by atoms with Gasteiger partial charge in [-0.3, -0.25) is 0 Å². The minimum atomic E-state index is -0.553. The highest BCUT2D eigenvalue weighted by Gasteiger charge is 2.30. The third kappa shape index (κ3) is 3.76. The van der Waals surface area contributed by atoms with Crippen molar-refractivity contribution in [2.75, 3.05) is 6.54 Å². The van der Waals surface area contributed by atoms with Gasteiger partial charge in [0.1, 0.15) is 11.5 Å². The van der Waals surface area contributed by atoms with Crippen LogP contribution in [-0.4, -0.2) is 33.6 Å². The van der Waals surface area contributed by atoms with E-state index < -0.39 is 6.10 Å². The van der Waals surface area contributed by atoms with Crippen LogP contribution in [0.15, 0.2) is 41.1 Å². The van der Waals surface area contributed by atoms with Crippen LogP contribution in [0.2, 0.25) is 0 Å². The molecule has 2 heterocycles. The van der Waals surface area contributed by atoms with Crippen molar-refractivity contribution >= 4 is 6.03 Å². The predicted molar refractivity (Wildman–Crippen MR) is 89.2 cm³/mol. The topological polar surface area (TPSA) is 78.6 Å². The largest absolute Gasteiger partial charge is 0.448 e. The SMILES string of the molecule is Cc1ocnc1CNC(=O)N1CCCC1CC(O)c1ccccc1. The van der Waals surface area contributed by atoms with Gasteiger partial charge in [-0.15, -0.1) is 0 Å². The van der Waals surface area contributed by atoms with Crippen molar-refractivity contribution in [3.8, 4) is 0 Å². The molecule has 0 saturated carbocycles. The number of nitrogens with one attached hydrogen (secondary N) is 1. The smallest absolute Gasteiger partial charge is 0.317 e. The number of urea groups is 1. The summed E-state index contributed by atoms with van der Waals surface area (Å²) >= 11 is 0. The van der Waals surface area contributed by atoms with Gasteiger partial charge < -0.3 is 19.7 Å². The molecule has 1 aliphatic heterocycles. The van der Waals surface area contributed by atoms with Crippen LogP contribution in [0.25, 0.3) is 0 Å². The number of nitrogens with zero attached hydrogens (tertiary/aromatic N) is 2. The number of amides is 2. The summed E-state index contributed by atoms with van der Waals surface area (Å²) in [7, 11) is 0. The van der Waals surface area contributed by atoms with Gasteiger partial charge in [-0.1, -0.05) is 30.3 Å². The quantitative estimate of drug-likeness (QED) is 0.884. The van der Waals surface area contributed by atoms with E-state index in [0.29, 0.717) is 18.7 Å². The highest BCUT2D eigenvalue weighted by molar-refractivity contribution is 5.74. The molecule has 2 unspecified atom stereocenters. The van der Waals surface area contributed by atoms with Crippen LogP contribution < -0.4 is 5.32 Å². The third-order valence-corrected chi connectivity index (χ3v) is 4.57. The van der Waals surface area contributed by atoms with Gasteiger partial charge in [-0.2, -0.15) is 0 Å². The number of benzene rings is 1. The number of rotatable bonds is 5. The number of carbonyl (C=O) groups excluding carboxylic acids is 1. The fourth-order valence-corrected chi connectivity index (χ4v) is 3.18. The van der Waals surface area contributed by atoms with Crippen molar-refractivity contribution in [1.29, 1.82) is 0 Å². The molecular weight excluding hydrogens is 306 g/mol. The maximum atomic E-state index is 12.5. The zero-order valence-corrected chi connectivity index (χ0v) is 13.8. The van der Waals surface area contributed by atoms with Gasteiger partial charge in [0, 0.05) is 12.6 Å². The summed E-state index contributed by atoms with van der Waals surface area (Å²) in [6.45, 7) is 2.89. The number of likely N-dealkylation sites (tertiary alicyclic amines) is 1. The Hall–Kier alpha value is -2.34. The van der Waals surface area contributed by atoms with E-state index in [-0.39, 0.29) is 12.1 Å². The van der Waals surface area contributed by atoms with Gasteiger partial charge in [0.05, 0.1) is 12.6 Å². The number of aliphatic hydroxyl groups is 1. The first-order chi connectivity index (χ1) is 11.6.